The number of benzene rings is 4. The van der Waals surface area contributed by atoms with Crippen molar-refractivity contribution in [3.8, 4) is 0 Å². The van der Waals surface area contributed by atoms with Crippen LogP contribution in [0.2, 0.25) is 5.02 Å². The maximum Gasteiger partial charge on any atom is 0.272 e. The lowest BCUT2D eigenvalue weighted by Crippen LogP contribution is -2.30. The predicted molar refractivity (Wildman–Crippen MR) is 169 cm³/mol. The van der Waals surface area contributed by atoms with Crippen molar-refractivity contribution in [2.24, 2.45) is 0 Å². The topological polar surface area (TPSA) is 104 Å². The fourth-order valence-electron chi connectivity index (χ4n) is 3.81. The van der Waals surface area contributed by atoms with Crippen LogP contribution >= 0.6 is 23.4 Å². The van der Waals surface area contributed by atoms with Crippen LogP contribution in [-0.2, 0) is 9.59 Å². The summed E-state index contributed by atoms with van der Waals surface area (Å²) >= 11 is 7.47. The molecule has 0 spiro atoms. The number of hydrogen-bond acceptors (Lipinski definition) is 5. The van der Waals surface area contributed by atoms with E-state index in [1.807, 2.05) is 0 Å². The highest BCUT2D eigenvalue weighted by molar-refractivity contribution is 8.00. The molecule has 0 saturated carbocycles. The molecule has 42 heavy (non-hydrogen) atoms. The molecule has 4 rings (SSSR count). The van der Waals surface area contributed by atoms with Gasteiger partial charge in [-0.2, -0.15) is 0 Å². The SMILES string of the molecule is CC(=O)c1ccc(NC(=O)C(C)Sc2ccc(NC(=O)/C(=C/c3cccc(Cl)c3)NC(=O)c3ccccc3)cc2)cc1. The monoisotopic (exact) mass is 597 g/mol. The number of hydrogen-bond donors (Lipinski definition) is 3. The van der Waals surface area contributed by atoms with Gasteiger partial charge < -0.3 is 16.0 Å². The molecule has 212 valence electrons. The van der Waals surface area contributed by atoms with E-state index >= 15 is 0 Å². The number of halogens is 1. The number of thioether (sulfide) groups is 1. The van der Waals surface area contributed by atoms with Gasteiger partial charge in [0, 0.05) is 32.4 Å². The Kier molecular flexibility index (Phi) is 10.3. The molecule has 0 aliphatic rings. The zero-order valence-corrected chi connectivity index (χ0v) is 24.5. The number of nitrogens with one attached hydrogen (secondary N) is 3. The van der Waals surface area contributed by atoms with Gasteiger partial charge in [0.1, 0.15) is 5.70 Å². The van der Waals surface area contributed by atoms with Crippen LogP contribution in [0, 0.1) is 0 Å². The summed E-state index contributed by atoms with van der Waals surface area (Å²) in [7, 11) is 0. The largest absolute Gasteiger partial charge is 0.325 e. The van der Waals surface area contributed by atoms with Gasteiger partial charge in [-0.15, -0.1) is 11.8 Å². The summed E-state index contributed by atoms with van der Waals surface area (Å²) in [5.74, 6) is -1.16. The van der Waals surface area contributed by atoms with E-state index in [0.29, 0.717) is 33.1 Å². The smallest absolute Gasteiger partial charge is 0.272 e. The van der Waals surface area contributed by atoms with Crippen molar-refractivity contribution in [3.05, 3.63) is 131 Å². The summed E-state index contributed by atoms with van der Waals surface area (Å²) in [6, 6.07) is 29.3. The van der Waals surface area contributed by atoms with E-state index in [1.165, 1.54) is 18.7 Å². The third kappa shape index (κ3) is 8.67. The molecule has 3 N–H and O–H groups in total. The lowest BCUT2D eigenvalue weighted by atomic mass is 10.1. The van der Waals surface area contributed by atoms with Crippen LogP contribution in [0.25, 0.3) is 6.08 Å². The van der Waals surface area contributed by atoms with Crippen molar-refractivity contribution in [2.45, 2.75) is 24.0 Å². The Labute approximate surface area is 253 Å². The highest BCUT2D eigenvalue weighted by Gasteiger charge is 2.17. The molecule has 4 aromatic rings. The van der Waals surface area contributed by atoms with E-state index in [2.05, 4.69) is 16.0 Å². The zero-order valence-electron chi connectivity index (χ0n) is 22.9. The summed E-state index contributed by atoms with van der Waals surface area (Å²) in [6.07, 6.45) is 1.56. The van der Waals surface area contributed by atoms with E-state index in [4.69, 9.17) is 11.6 Å². The van der Waals surface area contributed by atoms with Crippen molar-refractivity contribution in [1.82, 2.24) is 5.32 Å². The summed E-state index contributed by atoms with van der Waals surface area (Å²) in [5, 5.41) is 8.46. The number of carbonyl (C=O) groups is 4. The number of anilines is 2. The van der Waals surface area contributed by atoms with Gasteiger partial charge in [0.25, 0.3) is 11.8 Å². The lowest BCUT2D eigenvalue weighted by molar-refractivity contribution is -0.115. The first-order chi connectivity index (χ1) is 20.2. The summed E-state index contributed by atoms with van der Waals surface area (Å²) in [5.41, 5.74) is 2.80. The molecule has 4 aromatic carbocycles. The molecule has 1 unspecified atom stereocenters. The van der Waals surface area contributed by atoms with E-state index in [9.17, 15) is 19.2 Å². The minimum absolute atomic E-state index is 0.0401. The van der Waals surface area contributed by atoms with Crippen molar-refractivity contribution < 1.29 is 19.2 Å². The quantitative estimate of drug-likeness (QED) is 0.103. The lowest BCUT2D eigenvalue weighted by Gasteiger charge is -2.14. The molecule has 0 heterocycles. The molecule has 1 atom stereocenters. The van der Waals surface area contributed by atoms with Crippen molar-refractivity contribution >= 4 is 64.3 Å². The van der Waals surface area contributed by atoms with Gasteiger partial charge >= 0.3 is 0 Å². The second kappa shape index (κ2) is 14.3. The van der Waals surface area contributed by atoms with Gasteiger partial charge in [-0.25, -0.2) is 0 Å². The molecular formula is C33H28ClN3O4S. The van der Waals surface area contributed by atoms with Gasteiger partial charge in [-0.05, 0) is 98.3 Å². The highest BCUT2D eigenvalue weighted by Crippen LogP contribution is 2.26. The fraction of sp³-hybridized carbons (Fsp3) is 0.0909. The molecule has 0 saturated heterocycles. The Hall–Kier alpha value is -4.66. The van der Waals surface area contributed by atoms with Gasteiger partial charge in [-0.1, -0.05) is 41.9 Å². The number of ketones is 1. The van der Waals surface area contributed by atoms with E-state index in [1.54, 1.807) is 116 Å². The molecule has 0 bridgehead atoms. The Bertz CT molecular complexity index is 1620. The van der Waals surface area contributed by atoms with Gasteiger partial charge in [0.15, 0.2) is 5.78 Å². The van der Waals surface area contributed by atoms with Crippen LogP contribution in [-0.4, -0.2) is 28.8 Å². The van der Waals surface area contributed by atoms with E-state index in [-0.39, 0.29) is 17.4 Å². The summed E-state index contributed by atoms with van der Waals surface area (Å²) < 4.78 is 0. The minimum Gasteiger partial charge on any atom is -0.325 e. The molecule has 0 aromatic heterocycles. The zero-order chi connectivity index (χ0) is 30.1. The third-order valence-corrected chi connectivity index (χ3v) is 7.39. The van der Waals surface area contributed by atoms with Crippen LogP contribution in [0.15, 0.2) is 114 Å². The minimum atomic E-state index is -0.511. The molecule has 0 aliphatic carbocycles. The van der Waals surface area contributed by atoms with Gasteiger partial charge in [0.05, 0.1) is 5.25 Å². The Morgan fingerprint density at radius 3 is 2.05 bits per heavy atom. The van der Waals surface area contributed by atoms with Crippen molar-refractivity contribution in [1.29, 1.82) is 0 Å². The maximum absolute atomic E-state index is 13.2. The Morgan fingerprint density at radius 2 is 1.40 bits per heavy atom. The first-order valence-electron chi connectivity index (χ1n) is 13.0. The van der Waals surface area contributed by atoms with Crippen LogP contribution in [0.1, 0.15) is 40.1 Å². The highest BCUT2D eigenvalue weighted by atomic mass is 35.5. The molecular weight excluding hydrogens is 570 g/mol. The summed E-state index contributed by atoms with van der Waals surface area (Å²) in [6.45, 7) is 3.28. The number of rotatable bonds is 10. The molecule has 7 nitrogen and oxygen atoms in total. The van der Waals surface area contributed by atoms with Gasteiger partial charge in [-0.3, -0.25) is 19.2 Å². The van der Waals surface area contributed by atoms with Crippen molar-refractivity contribution in [3.63, 3.8) is 0 Å². The third-order valence-electron chi connectivity index (χ3n) is 6.04. The fourth-order valence-corrected chi connectivity index (χ4v) is 4.88. The van der Waals surface area contributed by atoms with Crippen LogP contribution < -0.4 is 16.0 Å². The number of Topliss-reactive ketones (excluding diaryl/α,β-unsaturated/α-hetero) is 1. The first kappa shape index (κ1) is 30.3. The normalized spacial score (nSPS) is 11.7. The Balaban J connectivity index is 1.41. The maximum atomic E-state index is 13.2. The second-order valence-electron chi connectivity index (χ2n) is 9.29. The standard InChI is InChI=1S/C33H28ClN3O4S/c1-21(38)24-11-13-27(14-12-24)35-31(39)22(2)42-29-17-15-28(16-18-29)36-33(41)30(20-23-7-6-10-26(34)19-23)37-32(40)25-8-4-3-5-9-25/h3-20,22H,1-2H3,(H,35,39)(H,36,41)(H,37,40)/b30-20-. The molecule has 0 aliphatic heterocycles. The van der Waals surface area contributed by atoms with Crippen LogP contribution in [0.5, 0.6) is 0 Å². The molecule has 9 heteroatoms. The van der Waals surface area contributed by atoms with Crippen LogP contribution in [0.4, 0.5) is 11.4 Å². The number of amides is 3. The van der Waals surface area contributed by atoms with Gasteiger partial charge in [0.2, 0.25) is 5.91 Å². The molecule has 0 radical (unpaired) electrons. The first-order valence-corrected chi connectivity index (χ1v) is 14.3. The van der Waals surface area contributed by atoms with Crippen molar-refractivity contribution in [2.75, 3.05) is 10.6 Å². The average Bonchev–Trinajstić information content (AvgIpc) is 2.98. The molecule has 0 fully saturated rings. The molecule has 3 amide bonds. The second-order valence-corrected chi connectivity index (χ2v) is 11.1. The van der Waals surface area contributed by atoms with Crippen LogP contribution in [0.3, 0.4) is 0 Å². The number of carbonyl (C=O) groups excluding carboxylic acids is 4. The predicted octanol–water partition coefficient (Wildman–Crippen LogP) is 7.07. The average molecular weight is 598 g/mol. The summed E-state index contributed by atoms with van der Waals surface area (Å²) in [4.78, 5) is 51.0. The van der Waals surface area contributed by atoms with E-state index < -0.39 is 17.1 Å². The Morgan fingerprint density at radius 1 is 0.762 bits per heavy atom. The van der Waals surface area contributed by atoms with E-state index in [0.717, 1.165) is 4.90 Å².